The highest BCUT2D eigenvalue weighted by molar-refractivity contribution is 5.33. The third-order valence-electron chi connectivity index (χ3n) is 3.21. The van der Waals surface area contributed by atoms with Gasteiger partial charge in [0.05, 0.1) is 11.3 Å². The predicted molar refractivity (Wildman–Crippen MR) is 76.4 cm³/mol. The number of nitrogens with one attached hydrogen (secondary N) is 1. The van der Waals surface area contributed by atoms with E-state index in [1.54, 1.807) is 36.8 Å². The molecule has 1 atom stereocenters. The molecule has 20 heavy (non-hydrogen) atoms. The van der Waals surface area contributed by atoms with E-state index in [0.29, 0.717) is 0 Å². The molecular formula is C14H18N4O2. The molecule has 0 aliphatic carbocycles. The van der Waals surface area contributed by atoms with Crippen LogP contribution in [0.3, 0.4) is 0 Å². The largest absolute Gasteiger partial charge is 0.337 e. The minimum absolute atomic E-state index is 0.126. The van der Waals surface area contributed by atoms with Gasteiger partial charge in [-0.1, -0.05) is 12.1 Å². The normalized spacial score (nSPS) is 12.2. The molecule has 2 aromatic rings. The molecule has 1 unspecified atom stereocenters. The summed E-state index contributed by atoms with van der Waals surface area (Å²) in [6, 6.07) is 6.86. The first-order valence-electron chi connectivity index (χ1n) is 6.60. The first-order valence-corrected chi connectivity index (χ1v) is 6.60. The number of rotatable bonds is 7. The van der Waals surface area contributed by atoms with E-state index in [2.05, 4.69) is 17.2 Å². The summed E-state index contributed by atoms with van der Waals surface area (Å²) in [7, 11) is 0. The van der Waals surface area contributed by atoms with Crippen LogP contribution in [0.4, 0.5) is 5.69 Å². The van der Waals surface area contributed by atoms with Crippen LogP contribution in [0.2, 0.25) is 0 Å². The maximum Gasteiger partial charge on any atom is 0.269 e. The van der Waals surface area contributed by atoms with Crippen molar-refractivity contribution in [2.75, 3.05) is 6.54 Å². The van der Waals surface area contributed by atoms with Crippen molar-refractivity contribution in [3.05, 3.63) is 58.7 Å². The topological polar surface area (TPSA) is 73.0 Å². The molecule has 0 aliphatic rings. The lowest BCUT2D eigenvalue weighted by Crippen LogP contribution is -2.20. The van der Waals surface area contributed by atoms with Gasteiger partial charge in [-0.05, 0) is 25.5 Å². The van der Waals surface area contributed by atoms with Crippen LogP contribution >= 0.6 is 0 Å². The molecule has 0 fully saturated rings. The first-order chi connectivity index (χ1) is 9.66. The van der Waals surface area contributed by atoms with Gasteiger partial charge in [-0.3, -0.25) is 10.1 Å². The summed E-state index contributed by atoms with van der Waals surface area (Å²) >= 11 is 0. The average Bonchev–Trinajstić information content (AvgIpc) is 2.96. The summed E-state index contributed by atoms with van der Waals surface area (Å²) in [5, 5.41) is 14.0. The lowest BCUT2D eigenvalue weighted by Gasteiger charge is -2.14. The highest BCUT2D eigenvalue weighted by atomic mass is 16.6. The number of aromatic nitrogens is 2. The number of nitrogens with zero attached hydrogens (tertiary/aromatic N) is 3. The number of hydrogen-bond acceptors (Lipinski definition) is 4. The number of nitro benzene ring substituents is 1. The van der Waals surface area contributed by atoms with Gasteiger partial charge in [0.1, 0.15) is 0 Å². The Morgan fingerprint density at radius 1 is 1.40 bits per heavy atom. The molecular weight excluding hydrogens is 256 g/mol. The van der Waals surface area contributed by atoms with Gasteiger partial charge in [0.15, 0.2) is 0 Å². The number of aryl methyl sites for hydroxylation is 1. The Morgan fingerprint density at radius 3 is 2.75 bits per heavy atom. The zero-order valence-electron chi connectivity index (χ0n) is 11.4. The Bertz CT molecular complexity index is 537. The van der Waals surface area contributed by atoms with E-state index in [1.165, 1.54) is 0 Å². The molecule has 0 aliphatic heterocycles. The maximum absolute atomic E-state index is 10.6. The second kappa shape index (κ2) is 6.81. The molecule has 0 saturated carbocycles. The minimum atomic E-state index is -0.382. The fourth-order valence-electron chi connectivity index (χ4n) is 2.00. The Morgan fingerprint density at radius 2 is 2.15 bits per heavy atom. The molecule has 0 saturated heterocycles. The second-order valence-corrected chi connectivity index (χ2v) is 4.68. The van der Waals surface area contributed by atoms with Crippen molar-refractivity contribution in [3.8, 4) is 0 Å². The van der Waals surface area contributed by atoms with Crippen LogP contribution in [0.1, 0.15) is 24.9 Å². The first kappa shape index (κ1) is 14.2. The number of benzene rings is 1. The van der Waals surface area contributed by atoms with Gasteiger partial charge in [0, 0.05) is 37.1 Å². The van der Waals surface area contributed by atoms with Gasteiger partial charge in [-0.2, -0.15) is 0 Å². The third kappa shape index (κ3) is 3.89. The van der Waals surface area contributed by atoms with Crippen LogP contribution in [0.25, 0.3) is 0 Å². The molecule has 0 radical (unpaired) electrons. The van der Waals surface area contributed by atoms with E-state index in [0.717, 1.165) is 25.1 Å². The Balaban J connectivity index is 1.76. The van der Waals surface area contributed by atoms with Crippen LogP contribution in [-0.2, 0) is 6.54 Å². The maximum atomic E-state index is 10.6. The standard InChI is InChI=1S/C14H18N4O2/c1-12(13-3-5-14(6-4-13)18(19)20)16-7-2-9-17-10-8-15-11-17/h3-6,8,10-12,16H,2,7,9H2,1H3. The molecule has 6 heteroatoms. The highest BCUT2D eigenvalue weighted by Crippen LogP contribution is 2.17. The van der Waals surface area contributed by atoms with Crippen LogP contribution in [0, 0.1) is 10.1 Å². The summed E-state index contributed by atoms with van der Waals surface area (Å²) in [4.78, 5) is 14.2. The molecule has 106 valence electrons. The summed E-state index contributed by atoms with van der Waals surface area (Å²) in [5.74, 6) is 0. The van der Waals surface area contributed by atoms with Gasteiger partial charge in [-0.25, -0.2) is 4.98 Å². The van der Waals surface area contributed by atoms with Crippen molar-refractivity contribution >= 4 is 5.69 Å². The summed E-state index contributed by atoms with van der Waals surface area (Å²) < 4.78 is 2.04. The molecule has 1 heterocycles. The lowest BCUT2D eigenvalue weighted by atomic mass is 10.1. The molecule has 2 rings (SSSR count). The van der Waals surface area contributed by atoms with Gasteiger partial charge in [0.25, 0.3) is 5.69 Å². The Hall–Kier alpha value is -2.21. The monoisotopic (exact) mass is 274 g/mol. The summed E-state index contributed by atoms with van der Waals surface area (Å²) in [6.45, 7) is 3.87. The molecule has 0 spiro atoms. The van der Waals surface area contributed by atoms with Crippen LogP contribution in [0.15, 0.2) is 43.0 Å². The number of imidazole rings is 1. The molecule has 0 amide bonds. The van der Waals surface area contributed by atoms with Crippen LogP contribution in [-0.4, -0.2) is 21.0 Å². The number of hydrogen-bond donors (Lipinski definition) is 1. The molecule has 0 bridgehead atoms. The lowest BCUT2D eigenvalue weighted by molar-refractivity contribution is -0.384. The fourth-order valence-corrected chi connectivity index (χ4v) is 2.00. The Labute approximate surface area is 117 Å². The van der Waals surface area contributed by atoms with Gasteiger partial charge in [-0.15, -0.1) is 0 Å². The highest BCUT2D eigenvalue weighted by Gasteiger charge is 2.08. The van der Waals surface area contributed by atoms with Crippen molar-refractivity contribution < 1.29 is 4.92 Å². The van der Waals surface area contributed by atoms with Crippen molar-refractivity contribution in [3.63, 3.8) is 0 Å². The second-order valence-electron chi connectivity index (χ2n) is 4.68. The minimum Gasteiger partial charge on any atom is -0.337 e. The Kier molecular flexibility index (Phi) is 4.84. The number of nitro groups is 1. The van der Waals surface area contributed by atoms with E-state index in [4.69, 9.17) is 0 Å². The average molecular weight is 274 g/mol. The zero-order valence-corrected chi connectivity index (χ0v) is 11.4. The summed E-state index contributed by atoms with van der Waals surface area (Å²) in [6.07, 6.45) is 6.53. The fraction of sp³-hybridized carbons (Fsp3) is 0.357. The molecule has 1 N–H and O–H groups in total. The predicted octanol–water partition coefficient (Wildman–Crippen LogP) is 2.53. The van der Waals surface area contributed by atoms with Crippen molar-refractivity contribution in [2.24, 2.45) is 0 Å². The smallest absolute Gasteiger partial charge is 0.269 e. The van der Waals surface area contributed by atoms with E-state index in [9.17, 15) is 10.1 Å². The summed E-state index contributed by atoms with van der Waals surface area (Å²) in [5.41, 5.74) is 1.18. The quantitative estimate of drug-likeness (QED) is 0.478. The van der Waals surface area contributed by atoms with Crippen molar-refractivity contribution in [2.45, 2.75) is 25.9 Å². The third-order valence-corrected chi connectivity index (χ3v) is 3.21. The molecule has 1 aromatic heterocycles. The van der Waals surface area contributed by atoms with E-state index in [1.807, 2.05) is 10.8 Å². The van der Waals surface area contributed by atoms with Gasteiger partial charge in [0.2, 0.25) is 0 Å². The van der Waals surface area contributed by atoms with E-state index in [-0.39, 0.29) is 16.7 Å². The van der Waals surface area contributed by atoms with E-state index < -0.39 is 0 Å². The molecule has 1 aromatic carbocycles. The van der Waals surface area contributed by atoms with Crippen molar-refractivity contribution in [1.82, 2.24) is 14.9 Å². The van der Waals surface area contributed by atoms with Crippen LogP contribution < -0.4 is 5.32 Å². The van der Waals surface area contributed by atoms with Gasteiger partial charge >= 0.3 is 0 Å². The SMILES string of the molecule is CC(NCCCn1ccnc1)c1ccc([N+](=O)[O-])cc1. The van der Waals surface area contributed by atoms with E-state index >= 15 is 0 Å². The number of non-ortho nitro benzene ring substituents is 1. The van der Waals surface area contributed by atoms with Crippen LogP contribution in [0.5, 0.6) is 0 Å². The zero-order chi connectivity index (χ0) is 14.4. The van der Waals surface area contributed by atoms with Gasteiger partial charge < -0.3 is 9.88 Å². The molecule has 6 nitrogen and oxygen atoms in total. The van der Waals surface area contributed by atoms with Crippen molar-refractivity contribution in [1.29, 1.82) is 0 Å².